The molecular weight excluding hydrogens is 348 g/mol. The first-order chi connectivity index (χ1) is 10.5. The molecule has 0 aliphatic carbocycles. The summed E-state index contributed by atoms with van der Waals surface area (Å²) >= 11 is 3.27. The van der Waals surface area contributed by atoms with E-state index in [9.17, 15) is 15.3 Å². The first-order valence-corrected chi connectivity index (χ1v) is 7.32. The molecule has 4 nitrogen and oxygen atoms in total. The third kappa shape index (κ3) is 2.23. The van der Waals surface area contributed by atoms with Crippen LogP contribution in [0.2, 0.25) is 0 Å². The minimum Gasteiger partial charge on any atom is -0.507 e. The highest BCUT2D eigenvalue weighted by Crippen LogP contribution is 2.47. The van der Waals surface area contributed by atoms with Crippen LogP contribution in [-0.4, -0.2) is 22.4 Å². The smallest absolute Gasteiger partial charge is 0.130 e. The quantitative estimate of drug-likeness (QED) is 0.592. The number of phenols is 3. The van der Waals surface area contributed by atoms with Crippen molar-refractivity contribution < 1.29 is 20.1 Å². The number of rotatable bonds is 2. The maximum Gasteiger partial charge on any atom is 0.130 e. The highest BCUT2D eigenvalue weighted by molar-refractivity contribution is 9.10. The van der Waals surface area contributed by atoms with Gasteiger partial charge in [0.2, 0.25) is 0 Å². The molecule has 0 unspecified atom stereocenters. The van der Waals surface area contributed by atoms with E-state index >= 15 is 0 Å². The summed E-state index contributed by atoms with van der Waals surface area (Å²) < 4.78 is 5.53. The van der Waals surface area contributed by atoms with Crippen LogP contribution in [0, 0.1) is 0 Å². The number of hydrogen-bond donors (Lipinski definition) is 3. The number of halogens is 1. The maximum absolute atomic E-state index is 10.3. The largest absolute Gasteiger partial charge is 0.507 e. The molecule has 0 aliphatic heterocycles. The molecule has 0 radical (unpaired) electrons. The van der Waals surface area contributed by atoms with Crippen LogP contribution in [0.4, 0.5) is 0 Å². The van der Waals surface area contributed by atoms with Crippen molar-refractivity contribution in [2.45, 2.75) is 0 Å². The molecule has 22 heavy (non-hydrogen) atoms. The minimum absolute atomic E-state index is 0.0132. The van der Waals surface area contributed by atoms with Crippen LogP contribution in [0.5, 0.6) is 23.0 Å². The summed E-state index contributed by atoms with van der Waals surface area (Å²) in [5.74, 6) is 0.656. The SMILES string of the molecule is COc1ccc2c(-c3c(O)ccc(O)c3Br)c(O)ccc2c1. The van der Waals surface area contributed by atoms with Gasteiger partial charge >= 0.3 is 0 Å². The molecule has 0 saturated heterocycles. The second kappa shape index (κ2) is 5.42. The zero-order chi connectivity index (χ0) is 15.9. The van der Waals surface area contributed by atoms with Crippen LogP contribution < -0.4 is 4.74 Å². The number of benzene rings is 3. The van der Waals surface area contributed by atoms with Gasteiger partial charge in [0.25, 0.3) is 0 Å². The van der Waals surface area contributed by atoms with Gasteiger partial charge in [0, 0.05) is 11.1 Å². The molecule has 0 bridgehead atoms. The number of aromatic hydroxyl groups is 3. The second-order valence-electron chi connectivity index (χ2n) is 4.84. The average molecular weight is 361 g/mol. The molecule has 0 heterocycles. The Labute approximate surface area is 135 Å². The van der Waals surface area contributed by atoms with Crippen LogP contribution in [0.15, 0.2) is 46.9 Å². The van der Waals surface area contributed by atoms with E-state index in [-0.39, 0.29) is 17.2 Å². The van der Waals surface area contributed by atoms with Crippen molar-refractivity contribution in [2.75, 3.05) is 7.11 Å². The summed E-state index contributed by atoms with van der Waals surface area (Å²) in [5, 5.41) is 31.9. The van der Waals surface area contributed by atoms with Crippen LogP contribution in [0.1, 0.15) is 0 Å². The predicted molar refractivity (Wildman–Crippen MR) is 88.6 cm³/mol. The lowest BCUT2D eigenvalue weighted by Crippen LogP contribution is -1.88. The Morgan fingerprint density at radius 1 is 0.818 bits per heavy atom. The van der Waals surface area contributed by atoms with Crippen LogP contribution in [0.3, 0.4) is 0 Å². The van der Waals surface area contributed by atoms with Gasteiger partial charge in [0.05, 0.1) is 11.6 Å². The fourth-order valence-corrected chi connectivity index (χ4v) is 3.01. The Kier molecular flexibility index (Phi) is 3.58. The van der Waals surface area contributed by atoms with Crippen molar-refractivity contribution in [1.29, 1.82) is 0 Å². The van der Waals surface area contributed by atoms with E-state index in [1.807, 2.05) is 6.07 Å². The molecule has 3 N–H and O–H groups in total. The van der Waals surface area contributed by atoms with Crippen LogP contribution >= 0.6 is 15.9 Å². The number of fused-ring (bicyclic) bond motifs is 1. The van der Waals surface area contributed by atoms with Crippen LogP contribution in [-0.2, 0) is 0 Å². The van der Waals surface area contributed by atoms with Crippen molar-refractivity contribution in [3.8, 4) is 34.1 Å². The standard InChI is InChI=1S/C17H13BrO4/c1-22-10-3-4-11-9(8-10)2-5-12(19)15(11)16-13(20)6-7-14(21)17(16)18/h2-8,19-21H,1H3. The Balaban J connectivity index is 2.41. The average Bonchev–Trinajstić information content (AvgIpc) is 2.52. The first-order valence-electron chi connectivity index (χ1n) is 6.53. The van der Waals surface area contributed by atoms with E-state index in [2.05, 4.69) is 15.9 Å². The highest BCUT2D eigenvalue weighted by atomic mass is 79.9. The van der Waals surface area contributed by atoms with Gasteiger partial charge in [0.15, 0.2) is 0 Å². The molecule has 0 atom stereocenters. The normalized spacial score (nSPS) is 10.8. The van der Waals surface area contributed by atoms with Gasteiger partial charge in [-0.25, -0.2) is 0 Å². The third-order valence-electron chi connectivity index (χ3n) is 3.55. The monoisotopic (exact) mass is 360 g/mol. The van der Waals surface area contributed by atoms with Crippen LogP contribution in [0.25, 0.3) is 21.9 Å². The Hall–Kier alpha value is -2.40. The number of phenolic OH excluding ortho intramolecular Hbond substituents is 3. The molecule has 3 aromatic carbocycles. The lowest BCUT2D eigenvalue weighted by Gasteiger charge is -2.14. The summed E-state index contributed by atoms with van der Waals surface area (Å²) in [6.45, 7) is 0. The summed E-state index contributed by atoms with van der Waals surface area (Å²) in [4.78, 5) is 0. The number of hydrogen-bond acceptors (Lipinski definition) is 4. The highest BCUT2D eigenvalue weighted by Gasteiger charge is 2.18. The zero-order valence-electron chi connectivity index (χ0n) is 11.7. The van der Waals surface area contributed by atoms with Crippen molar-refractivity contribution in [1.82, 2.24) is 0 Å². The van der Waals surface area contributed by atoms with Gasteiger partial charge in [-0.05, 0) is 63.1 Å². The number of methoxy groups -OCH3 is 1. The van der Waals surface area contributed by atoms with E-state index in [0.717, 1.165) is 10.8 Å². The fourth-order valence-electron chi connectivity index (χ4n) is 2.48. The van der Waals surface area contributed by atoms with Crippen molar-refractivity contribution in [3.63, 3.8) is 0 Å². The molecule has 0 saturated carbocycles. The van der Waals surface area contributed by atoms with Gasteiger partial charge in [0.1, 0.15) is 23.0 Å². The minimum atomic E-state index is -0.0386. The molecule has 0 aliphatic rings. The van der Waals surface area contributed by atoms with Gasteiger partial charge in [-0.1, -0.05) is 6.07 Å². The molecular formula is C17H13BrO4. The van der Waals surface area contributed by atoms with Crippen molar-refractivity contribution in [3.05, 3.63) is 46.9 Å². The molecule has 5 heteroatoms. The Morgan fingerprint density at radius 3 is 2.18 bits per heavy atom. The van der Waals surface area contributed by atoms with E-state index < -0.39 is 0 Å². The zero-order valence-corrected chi connectivity index (χ0v) is 13.3. The summed E-state index contributed by atoms with van der Waals surface area (Å²) in [6, 6.07) is 11.5. The first kappa shape index (κ1) is 14.5. The van der Waals surface area contributed by atoms with E-state index in [4.69, 9.17) is 4.74 Å². The summed E-state index contributed by atoms with van der Waals surface area (Å²) in [5.41, 5.74) is 0.786. The molecule has 0 aromatic heterocycles. The summed E-state index contributed by atoms with van der Waals surface area (Å²) in [6.07, 6.45) is 0. The van der Waals surface area contributed by atoms with Gasteiger partial charge in [-0.2, -0.15) is 0 Å². The van der Waals surface area contributed by atoms with Crippen molar-refractivity contribution in [2.24, 2.45) is 0 Å². The van der Waals surface area contributed by atoms with Gasteiger partial charge in [-0.3, -0.25) is 0 Å². The lowest BCUT2D eigenvalue weighted by molar-refractivity contribution is 0.415. The van der Waals surface area contributed by atoms with E-state index in [1.54, 1.807) is 31.4 Å². The van der Waals surface area contributed by atoms with Crippen molar-refractivity contribution >= 4 is 26.7 Å². The van der Waals surface area contributed by atoms with Gasteiger partial charge in [-0.15, -0.1) is 0 Å². The summed E-state index contributed by atoms with van der Waals surface area (Å²) in [7, 11) is 1.58. The Bertz CT molecular complexity index is 874. The topological polar surface area (TPSA) is 69.9 Å². The van der Waals surface area contributed by atoms with E-state index in [1.165, 1.54) is 12.1 Å². The van der Waals surface area contributed by atoms with E-state index in [0.29, 0.717) is 21.3 Å². The molecule has 0 spiro atoms. The molecule has 0 fully saturated rings. The number of ether oxygens (including phenoxy) is 1. The molecule has 0 amide bonds. The Morgan fingerprint density at radius 2 is 1.45 bits per heavy atom. The third-order valence-corrected chi connectivity index (χ3v) is 4.36. The lowest BCUT2D eigenvalue weighted by atomic mass is 9.96. The molecule has 3 aromatic rings. The molecule has 3 rings (SSSR count). The fraction of sp³-hybridized carbons (Fsp3) is 0.0588. The molecule has 112 valence electrons. The maximum atomic E-state index is 10.3. The predicted octanol–water partition coefficient (Wildman–Crippen LogP) is 4.39. The second-order valence-corrected chi connectivity index (χ2v) is 5.63. The van der Waals surface area contributed by atoms with Gasteiger partial charge < -0.3 is 20.1 Å².